The molecule has 0 aliphatic heterocycles. The molecular formula is C14H17NO. The Bertz CT molecular complexity index is 513. The number of para-hydroxylation sites is 1. The van der Waals surface area contributed by atoms with E-state index >= 15 is 0 Å². The summed E-state index contributed by atoms with van der Waals surface area (Å²) in [5.41, 5.74) is 4.28. The van der Waals surface area contributed by atoms with E-state index in [4.69, 9.17) is 0 Å². The molecule has 0 saturated heterocycles. The van der Waals surface area contributed by atoms with Crippen LogP contribution in [0.15, 0.2) is 24.3 Å². The van der Waals surface area contributed by atoms with E-state index in [9.17, 15) is 5.11 Å². The zero-order valence-electron chi connectivity index (χ0n) is 9.45. The number of benzene rings is 1. The number of aliphatic hydroxyl groups excluding tert-OH is 1. The van der Waals surface area contributed by atoms with Gasteiger partial charge in [0.1, 0.15) is 0 Å². The van der Waals surface area contributed by atoms with E-state index in [2.05, 4.69) is 28.8 Å². The smallest absolute Gasteiger partial charge is 0.0610 e. The van der Waals surface area contributed by atoms with Crippen molar-refractivity contribution in [2.24, 2.45) is 0 Å². The molecular weight excluding hydrogens is 198 g/mol. The van der Waals surface area contributed by atoms with Gasteiger partial charge in [-0.05, 0) is 37.3 Å². The second-order valence-corrected chi connectivity index (χ2v) is 4.52. The van der Waals surface area contributed by atoms with Crippen LogP contribution in [-0.4, -0.2) is 16.3 Å². The first kappa shape index (κ1) is 9.91. The Morgan fingerprint density at radius 2 is 1.94 bits per heavy atom. The van der Waals surface area contributed by atoms with Crippen molar-refractivity contribution in [3.8, 4) is 0 Å². The minimum absolute atomic E-state index is 0.227. The van der Waals surface area contributed by atoms with Crippen LogP contribution in [0.5, 0.6) is 0 Å². The van der Waals surface area contributed by atoms with Crippen LogP contribution in [0.1, 0.15) is 24.1 Å². The normalized spacial score (nSPS) is 15.3. The van der Waals surface area contributed by atoms with E-state index in [0.717, 1.165) is 6.54 Å². The summed E-state index contributed by atoms with van der Waals surface area (Å²) in [6, 6.07) is 8.58. The fourth-order valence-corrected chi connectivity index (χ4v) is 2.94. The molecule has 0 amide bonds. The number of rotatable bonds is 2. The average Bonchev–Trinajstić information content (AvgIpc) is 2.66. The molecule has 1 aliphatic carbocycles. The Morgan fingerprint density at radius 3 is 2.81 bits per heavy atom. The minimum Gasteiger partial charge on any atom is -0.395 e. The molecule has 2 nitrogen and oxygen atoms in total. The van der Waals surface area contributed by atoms with Crippen LogP contribution < -0.4 is 0 Å². The molecule has 1 heterocycles. The molecule has 0 spiro atoms. The van der Waals surface area contributed by atoms with Gasteiger partial charge in [-0.15, -0.1) is 0 Å². The maximum absolute atomic E-state index is 9.18. The van der Waals surface area contributed by atoms with Gasteiger partial charge in [0.2, 0.25) is 0 Å². The van der Waals surface area contributed by atoms with Crippen LogP contribution in [0.2, 0.25) is 0 Å². The number of fused-ring (bicyclic) bond motifs is 3. The number of aryl methyl sites for hydroxylation is 1. The third-order valence-electron chi connectivity index (χ3n) is 3.61. The lowest BCUT2D eigenvalue weighted by Gasteiger charge is -2.15. The summed E-state index contributed by atoms with van der Waals surface area (Å²) in [4.78, 5) is 0. The molecule has 0 unspecified atom stereocenters. The number of hydrogen-bond acceptors (Lipinski definition) is 1. The van der Waals surface area contributed by atoms with E-state index < -0.39 is 0 Å². The summed E-state index contributed by atoms with van der Waals surface area (Å²) in [5, 5.41) is 10.6. The van der Waals surface area contributed by atoms with Crippen LogP contribution in [0, 0.1) is 0 Å². The van der Waals surface area contributed by atoms with Crippen LogP contribution in [-0.2, 0) is 19.4 Å². The molecule has 2 heteroatoms. The van der Waals surface area contributed by atoms with Crippen LogP contribution in [0.4, 0.5) is 0 Å². The van der Waals surface area contributed by atoms with Gasteiger partial charge in [-0.2, -0.15) is 0 Å². The van der Waals surface area contributed by atoms with Gasteiger partial charge in [-0.3, -0.25) is 0 Å². The molecule has 0 fully saturated rings. The number of aliphatic hydroxyl groups is 1. The highest BCUT2D eigenvalue weighted by Gasteiger charge is 2.18. The van der Waals surface area contributed by atoms with Gasteiger partial charge in [0.15, 0.2) is 0 Å². The largest absolute Gasteiger partial charge is 0.395 e. The lowest BCUT2D eigenvalue weighted by Crippen LogP contribution is -2.10. The molecule has 0 radical (unpaired) electrons. The molecule has 0 saturated carbocycles. The van der Waals surface area contributed by atoms with Gasteiger partial charge in [0.05, 0.1) is 6.61 Å². The zero-order chi connectivity index (χ0) is 11.0. The van der Waals surface area contributed by atoms with E-state index in [0.29, 0.717) is 0 Å². The van der Waals surface area contributed by atoms with Crippen molar-refractivity contribution in [1.29, 1.82) is 0 Å². The highest BCUT2D eigenvalue weighted by Crippen LogP contribution is 2.31. The van der Waals surface area contributed by atoms with Crippen molar-refractivity contribution in [3.63, 3.8) is 0 Å². The van der Waals surface area contributed by atoms with Crippen LogP contribution >= 0.6 is 0 Å². The molecule has 1 aromatic heterocycles. The number of hydrogen-bond donors (Lipinski definition) is 1. The Hall–Kier alpha value is -1.28. The topological polar surface area (TPSA) is 25.2 Å². The predicted molar refractivity (Wildman–Crippen MR) is 65.7 cm³/mol. The van der Waals surface area contributed by atoms with Gasteiger partial charge in [0.25, 0.3) is 0 Å². The van der Waals surface area contributed by atoms with Crippen LogP contribution in [0.3, 0.4) is 0 Å². The van der Waals surface area contributed by atoms with E-state index in [1.807, 2.05) is 0 Å². The standard InChI is InChI=1S/C14H17NO/c16-10-9-15-13-7-3-1-5-11(13)12-6-2-4-8-14(12)15/h1,3,5,7,16H,2,4,6,8-10H2. The third-order valence-corrected chi connectivity index (χ3v) is 3.61. The first-order chi connectivity index (χ1) is 7.92. The second-order valence-electron chi connectivity index (χ2n) is 4.52. The Balaban J connectivity index is 2.28. The van der Waals surface area contributed by atoms with Crippen LogP contribution in [0.25, 0.3) is 10.9 Å². The van der Waals surface area contributed by atoms with Crippen molar-refractivity contribution < 1.29 is 5.11 Å². The van der Waals surface area contributed by atoms with Crippen molar-refractivity contribution >= 4 is 10.9 Å². The zero-order valence-corrected chi connectivity index (χ0v) is 9.45. The second kappa shape index (κ2) is 3.95. The minimum atomic E-state index is 0.227. The first-order valence-corrected chi connectivity index (χ1v) is 6.11. The molecule has 1 aliphatic rings. The lowest BCUT2D eigenvalue weighted by atomic mass is 9.96. The summed E-state index contributed by atoms with van der Waals surface area (Å²) < 4.78 is 2.31. The van der Waals surface area contributed by atoms with Gasteiger partial charge in [-0.25, -0.2) is 0 Å². The molecule has 16 heavy (non-hydrogen) atoms. The first-order valence-electron chi connectivity index (χ1n) is 6.11. The fourth-order valence-electron chi connectivity index (χ4n) is 2.94. The molecule has 1 aromatic carbocycles. The molecule has 3 rings (SSSR count). The monoisotopic (exact) mass is 215 g/mol. The number of aromatic nitrogens is 1. The Labute approximate surface area is 95.5 Å². The van der Waals surface area contributed by atoms with E-state index in [1.54, 1.807) is 0 Å². The highest BCUT2D eigenvalue weighted by molar-refractivity contribution is 5.85. The average molecular weight is 215 g/mol. The predicted octanol–water partition coefficient (Wildman–Crippen LogP) is 2.51. The van der Waals surface area contributed by atoms with Crippen molar-refractivity contribution in [2.45, 2.75) is 32.2 Å². The molecule has 1 N–H and O–H groups in total. The highest BCUT2D eigenvalue weighted by atomic mass is 16.3. The summed E-state index contributed by atoms with van der Waals surface area (Å²) in [7, 11) is 0. The van der Waals surface area contributed by atoms with E-state index in [-0.39, 0.29) is 6.61 Å². The maximum atomic E-state index is 9.18. The van der Waals surface area contributed by atoms with Gasteiger partial charge in [0, 0.05) is 23.1 Å². The molecule has 0 bridgehead atoms. The summed E-state index contributed by atoms with van der Waals surface area (Å²) in [5.74, 6) is 0. The number of nitrogens with zero attached hydrogens (tertiary/aromatic N) is 1. The van der Waals surface area contributed by atoms with Crippen molar-refractivity contribution in [1.82, 2.24) is 4.57 Å². The summed E-state index contributed by atoms with van der Waals surface area (Å²) >= 11 is 0. The fraction of sp³-hybridized carbons (Fsp3) is 0.429. The van der Waals surface area contributed by atoms with Gasteiger partial charge >= 0.3 is 0 Å². The van der Waals surface area contributed by atoms with Gasteiger partial charge < -0.3 is 9.67 Å². The quantitative estimate of drug-likeness (QED) is 0.818. The molecule has 84 valence electrons. The lowest BCUT2D eigenvalue weighted by molar-refractivity contribution is 0.276. The third kappa shape index (κ3) is 1.37. The summed E-state index contributed by atoms with van der Waals surface area (Å²) in [6.45, 7) is 0.959. The molecule has 0 atom stereocenters. The maximum Gasteiger partial charge on any atom is 0.0610 e. The Morgan fingerprint density at radius 1 is 1.12 bits per heavy atom. The SMILES string of the molecule is OCCn1c2c(c3ccccc31)CCCC2. The van der Waals surface area contributed by atoms with Crippen molar-refractivity contribution in [2.75, 3.05) is 6.61 Å². The van der Waals surface area contributed by atoms with Gasteiger partial charge in [-0.1, -0.05) is 18.2 Å². The molecule has 2 aromatic rings. The van der Waals surface area contributed by atoms with Crippen molar-refractivity contribution in [3.05, 3.63) is 35.5 Å². The summed E-state index contributed by atoms with van der Waals surface area (Å²) in [6.07, 6.45) is 4.97. The van der Waals surface area contributed by atoms with E-state index in [1.165, 1.54) is 47.8 Å². The Kier molecular flexibility index (Phi) is 2.44.